The van der Waals surface area contributed by atoms with Crippen LogP contribution in [0.5, 0.6) is 11.5 Å². The maximum Gasteiger partial charge on any atom is 0.343 e. The molecule has 1 atom stereocenters. The van der Waals surface area contributed by atoms with Crippen LogP contribution in [0, 0.1) is 6.92 Å². The number of rotatable bonds is 8. The third kappa shape index (κ3) is 5.58. The van der Waals surface area contributed by atoms with E-state index in [1.807, 2.05) is 18.2 Å². The van der Waals surface area contributed by atoms with Crippen LogP contribution in [0.15, 0.2) is 42.5 Å². The SMILES string of the molecule is COc1ccc(OC)c(NC(=O)C(C)OC(=O)c2c(C)nn(Cc3ccccc3Cl)c2Cl)c1. The van der Waals surface area contributed by atoms with Gasteiger partial charge in [-0.05, 0) is 37.6 Å². The summed E-state index contributed by atoms with van der Waals surface area (Å²) >= 11 is 12.6. The molecule has 8 nitrogen and oxygen atoms in total. The number of aromatic nitrogens is 2. The summed E-state index contributed by atoms with van der Waals surface area (Å²) in [5.74, 6) is -0.346. The normalized spacial score (nSPS) is 11.6. The Morgan fingerprint density at radius 1 is 1.12 bits per heavy atom. The van der Waals surface area contributed by atoms with E-state index in [1.54, 1.807) is 31.2 Å². The number of hydrogen-bond acceptors (Lipinski definition) is 6. The minimum absolute atomic E-state index is 0.0855. The summed E-state index contributed by atoms with van der Waals surface area (Å²) < 4.78 is 17.2. The van der Waals surface area contributed by atoms with E-state index in [1.165, 1.54) is 25.8 Å². The van der Waals surface area contributed by atoms with Gasteiger partial charge in [0.15, 0.2) is 6.10 Å². The van der Waals surface area contributed by atoms with Crippen LogP contribution in [0.1, 0.15) is 28.5 Å². The number of hydrogen-bond donors (Lipinski definition) is 1. The minimum atomic E-state index is -1.12. The van der Waals surface area contributed by atoms with Gasteiger partial charge in [0, 0.05) is 11.1 Å². The third-order valence-corrected chi connectivity index (χ3v) is 5.62. The highest BCUT2D eigenvalue weighted by molar-refractivity contribution is 6.33. The van der Waals surface area contributed by atoms with Crippen molar-refractivity contribution in [3.05, 3.63) is 69.5 Å². The van der Waals surface area contributed by atoms with Gasteiger partial charge in [0.1, 0.15) is 22.2 Å². The van der Waals surface area contributed by atoms with E-state index in [9.17, 15) is 9.59 Å². The highest BCUT2D eigenvalue weighted by Crippen LogP contribution is 2.29. The molecule has 0 aliphatic rings. The molecule has 33 heavy (non-hydrogen) atoms. The molecule has 2 aromatic carbocycles. The van der Waals surface area contributed by atoms with Crippen molar-refractivity contribution in [1.82, 2.24) is 9.78 Å². The van der Waals surface area contributed by atoms with E-state index in [-0.39, 0.29) is 17.3 Å². The molecule has 0 bridgehead atoms. The molecule has 1 aromatic heterocycles. The highest BCUT2D eigenvalue weighted by atomic mass is 35.5. The van der Waals surface area contributed by atoms with E-state index in [2.05, 4.69) is 10.4 Å². The molecule has 0 spiro atoms. The van der Waals surface area contributed by atoms with Crippen LogP contribution in [0.3, 0.4) is 0 Å². The lowest BCUT2D eigenvalue weighted by atomic mass is 10.2. The molecule has 10 heteroatoms. The van der Waals surface area contributed by atoms with Crippen LogP contribution in [0.2, 0.25) is 10.2 Å². The first-order chi connectivity index (χ1) is 15.7. The van der Waals surface area contributed by atoms with Crippen molar-refractivity contribution < 1.29 is 23.8 Å². The van der Waals surface area contributed by atoms with Crippen LogP contribution in [-0.4, -0.2) is 42.0 Å². The third-order valence-electron chi connectivity index (χ3n) is 4.87. The first-order valence-electron chi connectivity index (χ1n) is 9.95. The molecular formula is C23H23Cl2N3O5. The van der Waals surface area contributed by atoms with Crippen molar-refractivity contribution in [3.8, 4) is 11.5 Å². The molecule has 1 N–H and O–H groups in total. The lowest BCUT2D eigenvalue weighted by molar-refractivity contribution is -0.123. The van der Waals surface area contributed by atoms with Gasteiger partial charge in [-0.3, -0.25) is 4.79 Å². The Morgan fingerprint density at radius 3 is 2.52 bits per heavy atom. The average molecular weight is 492 g/mol. The predicted molar refractivity (Wildman–Crippen MR) is 126 cm³/mol. The molecule has 0 fully saturated rings. The van der Waals surface area contributed by atoms with Crippen molar-refractivity contribution in [3.63, 3.8) is 0 Å². The molecule has 1 amide bonds. The van der Waals surface area contributed by atoms with E-state index in [0.717, 1.165) is 5.56 Å². The smallest absolute Gasteiger partial charge is 0.343 e. The molecule has 0 aliphatic heterocycles. The number of nitrogens with zero attached hydrogens (tertiary/aromatic N) is 2. The molecule has 0 saturated carbocycles. The summed E-state index contributed by atoms with van der Waals surface area (Å²) in [5, 5.41) is 7.66. The molecule has 3 aromatic rings. The van der Waals surface area contributed by atoms with Crippen molar-refractivity contribution in [1.29, 1.82) is 0 Å². The number of esters is 1. The van der Waals surface area contributed by atoms with E-state index < -0.39 is 18.0 Å². The Kier molecular flexibility index (Phi) is 7.84. The molecule has 0 radical (unpaired) electrons. The molecule has 0 saturated heterocycles. The maximum atomic E-state index is 12.8. The largest absolute Gasteiger partial charge is 0.497 e. The number of carbonyl (C=O) groups excluding carboxylic acids is 2. The average Bonchev–Trinajstić information content (AvgIpc) is 3.07. The number of aryl methyl sites for hydroxylation is 1. The van der Waals surface area contributed by atoms with Crippen LogP contribution in [0.25, 0.3) is 0 Å². The number of nitrogens with one attached hydrogen (secondary N) is 1. The van der Waals surface area contributed by atoms with Crippen molar-refractivity contribution >= 4 is 40.8 Å². The van der Waals surface area contributed by atoms with Gasteiger partial charge in [-0.1, -0.05) is 41.4 Å². The summed E-state index contributed by atoms with van der Waals surface area (Å²) in [5.41, 5.74) is 1.64. The Bertz CT molecular complexity index is 1180. The fourth-order valence-corrected chi connectivity index (χ4v) is 3.60. The lowest BCUT2D eigenvalue weighted by Crippen LogP contribution is -2.30. The van der Waals surface area contributed by atoms with E-state index in [4.69, 9.17) is 37.4 Å². The van der Waals surface area contributed by atoms with Crippen LogP contribution in [0.4, 0.5) is 5.69 Å². The number of methoxy groups -OCH3 is 2. The Hall–Kier alpha value is -3.23. The van der Waals surface area contributed by atoms with Crippen molar-refractivity contribution in [2.24, 2.45) is 0 Å². The zero-order valence-electron chi connectivity index (χ0n) is 18.5. The van der Waals surface area contributed by atoms with E-state index >= 15 is 0 Å². The number of benzene rings is 2. The highest BCUT2D eigenvalue weighted by Gasteiger charge is 2.26. The lowest BCUT2D eigenvalue weighted by Gasteiger charge is -2.16. The zero-order valence-corrected chi connectivity index (χ0v) is 20.0. The Labute approximate surface area is 201 Å². The number of carbonyl (C=O) groups is 2. The predicted octanol–water partition coefficient (Wildman–Crippen LogP) is 4.75. The fraction of sp³-hybridized carbons (Fsp3) is 0.261. The summed E-state index contributed by atoms with van der Waals surface area (Å²) in [4.78, 5) is 25.4. The first-order valence-corrected chi connectivity index (χ1v) is 10.7. The minimum Gasteiger partial charge on any atom is -0.497 e. The molecule has 174 valence electrons. The van der Waals surface area contributed by atoms with Crippen LogP contribution in [-0.2, 0) is 16.1 Å². The van der Waals surface area contributed by atoms with Crippen molar-refractivity contribution in [2.45, 2.75) is 26.5 Å². The summed E-state index contributed by atoms with van der Waals surface area (Å²) in [7, 11) is 2.99. The van der Waals surface area contributed by atoms with Gasteiger partial charge in [-0.2, -0.15) is 5.10 Å². The van der Waals surface area contributed by atoms with Gasteiger partial charge < -0.3 is 19.5 Å². The van der Waals surface area contributed by atoms with Crippen LogP contribution >= 0.6 is 23.2 Å². The van der Waals surface area contributed by atoms with Gasteiger partial charge in [0.05, 0.1) is 32.1 Å². The van der Waals surface area contributed by atoms with Gasteiger partial charge in [-0.25, -0.2) is 9.48 Å². The Morgan fingerprint density at radius 2 is 1.85 bits per heavy atom. The molecular weight excluding hydrogens is 469 g/mol. The number of anilines is 1. The molecule has 3 rings (SSSR count). The maximum absolute atomic E-state index is 12.8. The van der Waals surface area contributed by atoms with Crippen LogP contribution < -0.4 is 14.8 Å². The molecule has 1 heterocycles. The summed E-state index contributed by atoms with van der Waals surface area (Å²) in [6.45, 7) is 3.37. The first kappa shape index (κ1) is 24.4. The Balaban J connectivity index is 1.73. The molecule has 0 aliphatic carbocycles. The van der Waals surface area contributed by atoms with Gasteiger partial charge in [0.25, 0.3) is 5.91 Å². The second kappa shape index (κ2) is 10.6. The second-order valence-corrected chi connectivity index (χ2v) is 7.87. The summed E-state index contributed by atoms with van der Waals surface area (Å²) in [6.07, 6.45) is -1.12. The standard InChI is InChI=1S/C23H23Cl2N3O5/c1-13-20(21(25)28(27-13)12-15-7-5-6-8-17(15)24)23(30)33-14(2)22(29)26-18-11-16(31-3)9-10-19(18)32-4/h5-11,14H,12H2,1-4H3,(H,26,29). The topological polar surface area (TPSA) is 91.7 Å². The van der Waals surface area contributed by atoms with E-state index in [0.29, 0.717) is 27.9 Å². The second-order valence-electron chi connectivity index (χ2n) is 7.10. The van der Waals surface area contributed by atoms with Gasteiger partial charge in [0.2, 0.25) is 0 Å². The monoisotopic (exact) mass is 491 g/mol. The summed E-state index contributed by atoms with van der Waals surface area (Å²) in [6, 6.07) is 12.2. The fourth-order valence-electron chi connectivity index (χ4n) is 3.10. The van der Waals surface area contributed by atoms with Crippen molar-refractivity contribution in [2.75, 3.05) is 19.5 Å². The number of halogens is 2. The molecule has 1 unspecified atom stereocenters. The van der Waals surface area contributed by atoms with Gasteiger partial charge >= 0.3 is 5.97 Å². The zero-order chi connectivity index (χ0) is 24.1. The number of ether oxygens (including phenoxy) is 3. The number of amides is 1. The van der Waals surface area contributed by atoms with Gasteiger partial charge in [-0.15, -0.1) is 0 Å². The quantitative estimate of drug-likeness (QED) is 0.457.